The van der Waals surface area contributed by atoms with Crippen LogP contribution in [-0.4, -0.2) is 19.0 Å². The fourth-order valence-corrected chi connectivity index (χ4v) is 4.40. The summed E-state index contributed by atoms with van der Waals surface area (Å²) < 4.78 is 0. The molecule has 0 N–H and O–H groups in total. The first kappa shape index (κ1) is 18.0. The topological polar surface area (TPSA) is 34.0 Å². The minimum absolute atomic E-state index is 0.207. The Morgan fingerprint density at radius 1 is 1.11 bits per heavy atom. The number of halogens is 1. The summed E-state index contributed by atoms with van der Waals surface area (Å²) >= 11 is 8.02. The molecule has 1 atom stereocenters. The van der Waals surface area contributed by atoms with Gasteiger partial charge in [-0.05, 0) is 42.2 Å². The number of rotatable bonds is 5. The second kappa shape index (κ2) is 8.07. The molecule has 1 unspecified atom stereocenters. The van der Waals surface area contributed by atoms with Gasteiger partial charge in [0.05, 0.1) is 12.3 Å². The minimum atomic E-state index is 0.207. The molecule has 0 saturated carbocycles. The third-order valence-electron chi connectivity index (χ3n) is 4.64. The third kappa shape index (κ3) is 3.97. The maximum absolute atomic E-state index is 6.32. The molecule has 4 rings (SSSR count). The van der Waals surface area contributed by atoms with Crippen LogP contribution in [0.15, 0.2) is 70.8 Å². The second-order valence-electron chi connectivity index (χ2n) is 6.35. The summed E-state index contributed by atoms with van der Waals surface area (Å²) in [7, 11) is 1.55. The smallest absolute Gasteiger partial charge is 0.106 e. The average Bonchev–Trinajstić information content (AvgIpc) is 3.37. The van der Waals surface area contributed by atoms with Crippen LogP contribution in [0.25, 0.3) is 10.4 Å². The first-order valence-corrected chi connectivity index (χ1v) is 10.0. The van der Waals surface area contributed by atoms with Crippen LogP contribution < -0.4 is 0 Å². The predicted molar refractivity (Wildman–Crippen MR) is 114 cm³/mol. The molecule has 0 fully saturated rings. The lowest BCUT2D eigenvalue weighted by Gasteiger charge is -2.07. The van der Waals surface area contributed by atoms with Crippen molar-refractivity contribution in [3.8, 4) is 10.4 Å². The number of hydrogen-bond acceptors (Lipinski definition) is 4. The van der Waals surface area contributed by atoms with Crippen LogP contribution >= 0.6 is 22.9 Å². The standard InChI is InChI=1S/C22H19ClN2OS/c1-26-24-14-17-10-13-22(27-17)16-8-6-15(7-9-16)20-11-12-21(25-20)18-4-2-3-5-19(18)23/h2-10,13-14,20H,11-12H2,1H3/b24-14+. The monoisotopic (exact) mass is 394 g/mol. The summed E-state index contributed by atoms with van der Waals surface area (Å²) in [4.78, 5) is 12.0. The lowest BCUT2D eigenvalue weighted by molar-refractivity contribution is 0.215. The van der Waals surface area contributed by atoms with Crippen molar-refractivity contribution in [2.75, 3.05) is 7.11 Å². The molecule has 0 aliphatic carbocycles. The van der Waals surface area contributed by atoms with Crippen LogP contribution in [-0.2, 0) is 4.84 Å². The van der Waals surface area contributed by atoms with Crippen LogP contribution in [0, 0.1) is 0 Å². The molecule has 3 nitrogen and oxygen atoms in total. The second-order valence-corrected chi connectivity index (χ2v) is 7.87. The number of nitrogens with zero attached hydrogens (tertiary/aromatic N) is 2. The number of hydrogen-bond donors (Lipinski definition) is 0. The van der Waals surface area contributed by atoms with E-state index in [9.17, 15) is 0 Å². The van der Waals surface area contributed by atoms with Gasteiger partial charge in [0.1, 0.15) is 7.11 Å². The van der Waals surface area contributed by atoms with Crippen LogP contribution in [0.2, 0.25) is 5.02 Å². The van der Waals surface area contributed by atoms with Crippen molar-refractivity contribution in [2.24, 2.45) is 10.1 Å². The van der Waals surface area contributed by atoms with E-state index in [1.165, 1.54) is 16.0 Å². The highest BCUT2D eigenvalue weighted by molar-refractivity contribution is 7.17. The Bertz CT molecular complexity index is 992. The molecule has 3 aromatic rings. The van der Waals surface area contributed by atoms with Gasteiger partial charge in [-0.2, -0.15) is 0 Å². The van der Waals surface area contributed by atoms with Crippen LogP contribution in [0.1, 0.15) is 34.9 Å². The molecule has 1 aliphatic rings. The van der Waals surface area contributed by atoms with Crippen molar-refractivity contribution < 1.29 is 4.84 Å². The van der Waals surface area contributed by atoms with Crippen molar-refractivity contribution in [2.45, 2.75) is 18.9 Å². The number of aliphatic imine (C=N–C) groups is 1. The van der Waals surface area contributed by atoms with Gasteiger partial charge in [-0.1, -0.05) is 59.2 Å². The quantitative estimate of drug-likeness (QED) is 0.365. The molecule has 0 spiro atoms. The maximum atomic E-state index is 6.32. The zero-order valence-corrected chi connectivity index (χ0v) is 16.5. The molecular formula is C22H19ClN2OS. The van der Waals surface area contributed by atoms with Gasteiger partial charge in [-0.15, -0.1) is 11.3 Å². The Labute approximate surface area is 168 Å². The minimum Gasteiger partial charge on any atom is -0.399 e. The molecular weight excluding hydrogens is 376 g/mol. The molecule has 0 radical (unpaired) electrons. The Hall–Kier alpha value is -2.43. The third-order valence-corrected chi connectivity index (χ3v) is 6.04. The number of benzene rings is 2. The summed E-state index contributed by atoms with van der Waals surface area (Å²) in [6.45, 7) is 0. The molecule has 1 aliphatic heterocycles. The zero-order valence-electron chi connectivity index (χ0n) is 14.9. The summed E-state index contributed by atoms with van der Waals surface area (Å²) in [6.07, 6.45) is 3.71. The number of thiophene rings is 1. The lowest BCUT2D eigenvalue weighted by Crippen LogP contribution is -1.96. The molecule has 0 saturated heterocycles. The van der Waals surface area contributed by atoms with Crippen LogP contribution in [0.5, 0.6) is 0 Å². The Balaban J connectivity index is 1.52. The SMILES string of the molecule is CO/N=C/c1ccc(-c2ccc(C3CCC(c4ccccc4Cl)=N3)cc2)s1. The van der Waals surface area contributed by atoms with Crippen molar-refractivity contribution in [3.05, 3.63) is 81.7 Å². The van der Waals surface area contributed by atoms with Crippen molar-refractivity contribution in [1.82, 2.24) is 0 Å². The largest absolute Gasteiger partial charge is 0.399 e. The highest BCUT2D eigenvalue weighted by atomic mass is 35.5. The van der Waals surface area contributed by atoms with E-state index in [0.717, 1.165) is 34.0 Å². The van der Waals surface area contributed by atoms with Crippen molar-refractivity contribution in [3.63, 3.8) is 0 Å². The van der Waals surface area contributed by atoms with Gasteiger partial charge in [0.25, 0.3) is 0 Å². The highest BCUT2D eigenvalue weighted by Gasteiger charge is 2.21. The van der Waals surface area contributed by atoms with Gasteiger partial charge in [0, 0.05) is 26.1 Å². The van der Waals surface area contributed by atoms with Crippen molar-refractivity contribution >= 4 is 34.9 Å². The van der Waals surface area contributed by atoms with E-state index in [1.807, 2.05) is 30.3 Å². The molecule has 0 bridgehead atoms. The van der Waals surface area contributed by atoms with E-state index in [4.69, 9.17) is 21.4 Å². The molecule has 2 heterocycles. The molecule has 5 heteroatoms. The van der Waals surface area contributed by atoms with Gasteiger partial charge >= 0.3 is 0 Å². The van der Waals surface area contributed by atoms with Gasteiger partial charge in [0.15, 0.2) is 0 Å². The highest BCUT2D eigenvalue weighted by Crippen LogP contribution is 2.34. The van der Waals surface area contributed by atoms with Gasteiger partial charge in [-0.3, -0.25) is 4.99 Å². The first-order chi connectivity index (χ1) is 13.2. The molecule has 2 aromatic carbocycles. The van der Waals surface area contributed by atoms with E-state index in [1.54, 1.807) is 24.7 Å². The number of oxime groups is 1. The van der Waals surface area contributed by atoms with Gasteiger partial charge in [-0.25, -0.2) is 0 Å². The Morgan fingerprint density at radius 3 is 2.70 bits per heavy atom. The van der Waals surface area contributed by atoms with Crippen LogP contribution in [0.4, 0.5) is 0 Å². The Morgan fingerprint density at radius 2 is 1.93 bits per heavy atom. The fourth-order valence-electron chi connectivity index (χ4n) is 3.28. The lowest BCUT2D eigenvalue weighted by atomic mass is 10.0. The first-order valence-electron chi connectivity index (χ1n) is 8.83. The molecule has 0 amide bonds. The van der Waals surface area contributed by atoms with E-state index < -0.39 is 0 Å². The predicted octanol–water partition coefficient (Wildman–Crippen LogP) is 6.37. The molecule has 27 heavy (non-hydrogen) atoms. The Kier molecular flexibility index (Phi) is 5.37. The molecule has 1 aromatic heterocycles. The van der Waals surface area contributed by atoms with E-state index in [0.29, 0.717) is 0 Å². The zero-order chi connectivity index (χ0) is 18.6. The van der Waals surface area contributed by atoms with Crippen LogP contribution in [0.3, 0.4) is 0 Å². The van der Waals surface area contributed by atoms with E-state index >= 15 is 0 Å². The summed E-state index contributed by atoms with van der Waals surface area (Å²) in [5.41, 5.74) is 4.62. The molecule has 136 valence electrons. The normalized spacial score (nSPS) is 16.7. The van der Waals surface area contributed by atoms with Gasteiger partial charge < -0.3 is 4.84 Å². The van der Waals surface area contributed by atoms with E-state index in [2.05, 4.69) is 35.5 Å². The maximum Gasteiger partial charge on any atom is 0.106 e. The van der Waals surface area contributed by atoms with Crippen molar-refractivity contribution in [1.29, 1.82) is 0 Å². The summed E-state index contributed by atoms with van der Waals surface area (Å²) in [6, 6.07) is 21.0. The van der Waals surface area contributed by atoms with Gasteiger partial charge in [0.2, 0.25) is 0 Å². The average molecular weight is 395 g/mol. The summed E-state index contributed by atoms with van der Waals surface area (Å²) in [5, 5.41) is 4.59. The summed E-state index contributed by atoms with van der Waals surface area (Å²) in [5.74, 6) is 0. The van der Waals surface area contributed by atoms with E-state index in [-0.39, 0.29) is 6.04 Å². The fraction of sp³-hybridized carbons (Fsp3) is 0.182.